The topological polar surface area (TPSA) is 45.8 Å². The number of nitrogens with zero attached hydrogens (tertiary/aromatic N) is 1. The lowest BCUT2D eigenvalue weighted by Gasteiger charge is -2.03. The maximum Gasteiger partial charge on any atom is 0.216 e. The number of carbonyl (C=O) groups is 1. The molecule has 0 bridgehead atoms. The molecule has 2 heterocycles. The van der Waals surface area contributed by atoms with Gasteiger partial charge >= 0.3 is 0 Å². The number of para-hydroxylation sites is 1. The van der Waals surface area contributed by atoms with Gasteiger partial charge in [0.1, 0.15) is 11.5 Å². The molecule has 0 amide bonds. The average Bonchev–Trinajstić information content (AvgIpc) is 2.93. The molecule has 0 saturated carbocycles. The predicted molar refractivity (Wildman–Crippen MR) is 83.4 cm³/mol. The molecule has 2 aromatic carbocycles. The summed E-state index contributed by atoms with van der Waals surface area (Å²) in [5, 5.41) is 1.92. The van der Waals surface area contributed by atoms with Gasteiger partial charge in [-0.25, -0.2) is 4.39 Å². The first-order valence-electron chi connectivity index (χ1n) is 6.90. The highest BCUT2D eigenvalue weighted by Crippen LogP contribution is 2.27. The van der Waals surface area contributed by atoms with Crippen LogP contribution in [-0.4, -0.2) is 15.8 Å². The van der Waals surface area contributed by atoms with Crippen LogP contribution in [0, 0.1) is 5.82 Å². The van der Waals surface area contributed by atoms with Gasteiger partial charge in [0.15, 0.2) is 0 Å². The molecule has 3 nitrogen and oxygen atoms in total. The Kier molecular flexibility index (Phi) is 2.76. The molecule has 4 aromatic rings. The van der Waals surface area contributed by atoms with Gasteiger partial charge < -0.3 is 4.98 Å². The molecule has 0 atom stereocenters. The lowest BCUT2D eigenvalue weighted by Crippen LogP contribution is -2.07. The number of aromatic amines is 1. The Bertz CT molecular complexity index is 1020. The zero-order chi connectivity index (χ0) is 15.1. The number of fused-ring (bicyclic) bond motifs is 3. The Balaban J connectivity index is 1.99. The van der Waals surface area contributed by atoms with E-state index < -0.39 is 11.6 Å². The molecule has 0 radical (unpaired) electrons. The molecule has 106 valence electrons. The summed E-state index contributed by atoms with van der Waals surface area (Å²) < 4.78 is 13.9. The molecule has 0 fully saturated rings. The molecular formula is C18H11FN2O. The summed E-state index contributed by atoms with van der Waals surface area (Å²) in [6, 6.07) is 15.6. The van der Waals surface area contributed by atoms with Crippen molar-refractivity contribution in [2.24, 2.45) is 0 Å². The van der Waals surface area contributed by atoms with Crippen LogP contribution in [0.2, 0.25) is 0 Å². The van der Waals surface area contributed by atoms with Crippen molar-refractivity contribution in [3.63, 3.8) is 0 Å². The quantitative estimate of drug-likeness (QED) is 0.565. The highest BCUT2D eigenvalue weighted by atomic mass is 19.1. The fourth-order valence-electron chi connectivity index (χ4n) is 2.72. The molecule has 22 heavy (non-hydrogen) atoms. The van der Waals surface area contributed by atoms with Crippen LogP contribution in [0.25, 0.3) is 21.8 Å². The van der Waals surface area contributed by atoms with E-state index in [0.717, 1.165) is 16.3 Å². The number of ketones is 1. The van der Waals surface area contributed by atoms with E-state index in [1.165, 1.54) is 12.1 Å². The first-order valence-corrected chi connectivity index (χ1v) is 6.90. The summed E-state index contributed by atoms with van der Waals surface area (Å²) in [5.74, 6) is -0.960. The van der Waals surface area contributed by atoms with Crippen molar-refractivity contribution in [1.82, 2.24) is 9.97 Å². The summed E-state index contributed by atoms with van der Waals surface area (Å²) in [6.07, 6.45) is 1.58. The minimum absolute atomic E-state index is 0.0288. The Morgan fingerprint density at radius 3 is 2.59 bits per heavy atom. The first-order chi connectivity index (χ1) is 10.8. The second-order valence-electron chi connectivity index (χ2n) is 5.06. The number of H-pyrrole nitrogens is 1. The van der Waals surface area contributed by atoms with Crippen LogP contribution >= 0.6 is 0 Å². The number of pyridine rings is 1. The van der Waals surface area contributed by atoms with E-state index in [4.69, 9.17) is 0 Å². The molecule has 1 N–H and O–H groups in total. The molecule has 2 aromatic heterocycles. The number of benzene rings is 2. The molecule has 4 rings (SSSR count). The largest absolute Gasteiger partial charge is 0.353 e. The molecule has 0 unspecified atom stereocenters. The van der Waals surface area contributed by atoms with Crippen LogP contribution in [0.5, 0.6) is 0 Å². The third-order valence-corrected chi connectivity index (χ3v) is 3.76. The van der Waals surface area contributed by atoms with Crippen LogP contribution in [0.1, 0.15) is 16.1 Å². The molecule has 0 saturated heterocycles. The second-order valence-corrected chi connectivity index (χ2v) is 5.06. The fourth-order valence-corrected chi connectivity index (χ4v) is 2.72. The zero-order valence-electron chi connectivity index (χ0n) is 11.5. The van der Waals surface area contributed by atoms with Crippen molar-refractivity contribution in [2.45, 2.75) is 0 Å². The van der Waals surface area contributed by atoms with Crippen LogP contribution in [0.4, 0.5) is 4.39 Å². The van der Waals surface area contributed by atoms with Gasteiger partial charge in [-0.05, 0) is 24.3 Å². The first kappa shape index (κ1) is 12.7. The molecule has 0 aliphatic carbocycles. The van der Waals surface area contributed by atoms with E-state index in [9.17, 15) is 9.18 Å². The number of aromatic nitrogens is 2. The number of hydrogen-bond donors (Lipinski definition) is 1. The zero-order valence-corrected chi connectivity index (χ0v) is 11.5. The van der Waals surface area contributed by atoms with E-state index in [2.05, 4.69) is 9.97 Å². The summed E-state index contributed by atoms with van der Waals surface area (Å²) in [4.78, 5) is 20.0. The van der Waals surface area contributed by atoms with E-state index >= 15 is 0 Å². The molecule has 4 heteroatoms. The minimum atomic E-state index is -0.539. The predicted octanol–water partition coefficient (Wildman–Crippen LogP) is 4.09. The van der Waals surface area contributed by atoms with Gasteiger partial charge in [0.05, 0.1) is 11.1 Å². The van der Waals surface area contributed by atoms with Crippen LogP contribution < -0.4 is 0 Å². The summed E-state index contributed by atoms with van der Waals surface area (Å²) in [5.41, 5.74) is 1.82. The van der Waals surface area contributed by atoms with Gasteiger partial charge in [0, 0.05) is 22.5 Å². The van der Waals surface area contributed by atoms with Crippen LogP contribution in [0.3, 0.4) is 0 Å². The summed E-state index contributed by atoms with van der Waals surface area (Å²) in [6.45, 7) is 0. The fraction of sp³-hybridized carbons (Fsp3) is 0. The second kappa shape index (κ2) is 4.77. The third kappa shape index (κ3) is 1.81. The lowest BCUT2D eigenvalue weighted by atomic mass is 10.1. The van der Waals surface area contributed by atoms with Gasteiger partial charge in [0.2, 0.25) is 5.78 Å². The Labute approximate surface area is 125 Å². The van der Waals surface area contributed by atoms with Crippen molar-refractivity contribution in [1.29, 1.82) is 0 Å². The smallest absolute Gasteiger partial charge is 0.216 e. The Hall–Kier alpha value is -3.01. The summed E-state index contributed by atoms with van der Waals surface area (Å²) in [7, 11) is 0. The molecule has 0 spiro atoms. The lowest BCUT2D eigenvalue weighted by molar-refractivity contribution is 0.103. The maximum absolute atomic E-state index is 13.9. The molecule has 0 aliphatic rings. The van der Waals surface area contributed by atoms with Gasteiger partial charge in [-0.1, -0.05) is 30.3 Å². The SMILES string of the molecule is O=C(c1ccccc1F)c1nccc2c1[nH]c1ccccc12. The van der Waals surface area contributed by atoms with Gasteiger partial charge in [0.25, 0.3) is 0 Å². The van der Waals surface area contributed by atoms with Gasteiger partial charge in [-0.2, -0.15) is 0 Å². The highest BCUT2D eigenvalue weighted by molar-refractivity contribution is 6.18. The summed E-state index contributed by atoms with van der Waals surface area (Å²) >= 11 is 0. The Morgan fingerprint density at radius 1 is 0.955 bits per heavy atom. The van der Waals surface area contributed by atoms with Crippen LogP contribution in [0.15, 0.2) is 60.8 Å². The van der Waals surface area contributed by atoms with Crippen molar-refractivity contribution in [2.75, 3.05) is 0 Å². The molecule has 0 aliphatic heterocycles. The number of halogens is 1. The van der Waals surface area contributed by atoms with E-state index in [1.807, 2.05) is 30.3 Å². The average molecular weight is 290 g/mol. The third-order valence-electron chi connectivity index (χ3n) is 3.76. The normalized spacial score (nSPS) is 11.1. The monoisotopic (exact) mass is 290 g/mol. The van der Waals surface area contributed by atoms with E-state index in [1.54, 1.807) is 18.3 Å². The minimum Gasteiger partial charge on any atom is -0.353 e. The van der Waals surface area contributed by atoms with Gasteiger partial charge in [-0.15, -0.1) is 0 Å². The number of hydrogen-bond acceptors (Lipinski definition) is 2. The van der Waals surface area contributed by atoms with E-state index in [0.29, 0.717) is 5.52 Å². The van der Waals surface area contributed by atoms with E-state index in [-0.39, 0.29) is 11.3 Å². The standard InChI is InChI=1S/C18H11FN2O/c19-14-7-3-1-6-13(14)18(22)17-16-12(9-10-20-17)11-5-2-4-8-15(11)21-16/h1-10,21H. The maximum atomic E-state index is 13.9. The van der Waals surface area contributed by atoms with Crippen LogP contribution in [-0.2, 0) is 0 Å². The van der Waals surface area contributed by atoms with Crippen molar-refractivity contribution >= 4 is 27.6 Å². The number of rotatable bonds is 2. The number of nitrogens with one attached hydrogen (secondary N) is 1. The van der Waals surface area contributed by atoms with Crippen molar-refractivity contribution in [3.05, 3.63) is 77.9 Å². The van der Waals surface area contributed by atoms with Gasteiger partial charge in [-0.3, -0.25) is 9.78 Å². The highest BCUT2D eigenvalue weighted by Gasteiger charge is 2.19. The number of carbonyl (C=O) groups excluding carboxylic acids is 1. The van der Waals surface area contributed by atoms with Crippen molar-refractivity contribution < 1.29 is 9.18 Å². The Morgan fingerprint density at radius 2 is 1.73 bits per heavy atom. The molecular weight excluding hydrogens is 279 g/mol. The van der Waals surface area contributed by atoms with Crippen molar-refractivity contribution in [3.8, 4) is 0 Å².